The Morgan fingerprint density at radius 3 is 1.33 bits per heavy atom. The van der Waals surface area contributed by atoms with E-state index in [0.717, 1.165) is 55.5 Å². The van der Waals surface area contributed by atoms with Gasteiger partial charge in [-0.05, 0) is 75.6 Å². The van der Waals surface area contributed by atoms with Crippen LogP contribution in [0.15, 0.2) is 85.5 Å². The van der Waals surface area contributed by atoms with Crippen LogP contribution >= 0.6 is 0 Å². The molecule has 0 aliphatic heterocycles. The maximum absolute atomic E-state index is 5.51. The quantitative estimate of drug-likeness (QED) is 0.165. The predicted molar refractivity (Wildman–Crippen MR) is 232 cm³/mol. The van der Waals surface area contributed by atoms with E-state index in [9.17, 15) is 0 Å². The van der Waals surface area contributed by atoms with Crippen molar-refractivity contribution in [1.29, 1.82) is 0 Å². The average Bonchev–Trinajstić information content (AvgIpc) is 3.77. The number of benzene rings is 2. The van der Waals surface area contributed by atoms with E-state index in [1.54, 1.807) is 0 Å². The third kappa shape index (κ3) is 5.57. The third-order valence-electron chi connectivity index (χ3n) is 13.3. The monoisotopic (exact) mass is 730 g/mol. The van der Waals surface area contributed by atoms with Crippen molar-refractivity contribution in [1.82, 2.24) is 28.7 Å². The van der Waals surface area contributed by atoms with Crippen LogP contribution in [0.2, 0.25) is 0 Å². The SMILES string of the molecule is CC(c1cccc2c1c1ncccc1c1nc(C(C)(C)C(C)(C)c3cn4c5cccc(C(C(C)(C)C)C(C)(C)C)c5c5ncccc5c4n3)cn21)C(C)(C)C. The van der Waals surface area contributed by atoms with Crippen LogP contribution in [0.4, 0.5) is 0 Å². The average molecular weight is 731 g/mol. The van der Waals surface area contributed by atoms with E-state index in [0.29, 0.717) is 11.8 Å². The van der Waals surface area contributed by atoms with Gasteiger partial charge in [0.1, 0.15) is 11.3 Å². The van der Waals surface area contributed by atoms with Crippen LogP contribution in [0.5, 0.6) is 0 Å². The van der Waals surface area contributed by atoms with Gasteiger partial charge in [0, 0.05) is 57.2 Å². The summed E-state index contributed by atoms with van der Waals surface area (Å²) in [5.41, 5.74) is 10.3. The van der Waals surface area contributed by atoms with Gasteiger partial charge in [-0.15, -0.1) is 0 Å². The molecule has 8 rings (SSSR count). The summed E-state index contributed by atoms with van der Waals surface area (Å²) >= 11 is 0. The minimum Gasteiger partial charge on any atom is -0.299 e. The first-order valence-corrected chi connectivity index (χ1v) is 20.0. The highest BCUT2D eigenvalue weighted by Crippen LogP contribution is 2.51. The summed E-state index contributed by atoms with van der Waals surface area (Å²) in [6, 6.07) is 21.9. The van der Waals surface area contributed by atoms with Crippen LogP contribution in [0, 0.1) is 16.2 Å². The van der Waals surface area contributed by atoms with Gasteiger partial charge in [0.2, 0.25) is 0 Å². The second kappa shape index (κ2) is 12.1. The normalized spacial score (nSPS) is 14.5. The van der Waals surface area contributed by atoms with Gasteiger partial charge in [0.15, 0.2) is 0 Å². The lowest BCUT2D eigenvalue weighted by molar-refractivity contribution is 0.177. The van der Waals surface area contributed by atoms with Crippen molar-refractivity contribution >= 4 is 54.9 Å². The zero-order valence-electron chi connectivity index (χ0n) is 35.4. The predicted octanol–water partition coefficient (Wildman–Crippen LogP) is 13.0. The molecule has 0 aliphatic carbocycles. The number of hydrogen-bond acceptors (Lipinski definition) is 4. The molecule has 8 aromatic rings. The molecule has 0 fully saturated rings. The van der Waals surface area contributed by atoms with Gasteiger partial charge >= 0.3 is 0 Å². The Balaban J connectivity index is 1.35. The first-order chi connectivity index (χ1) is 25.6. The topological polar surface area (TPSA) is 60.4 Å². The molecule has 0 saturated carbocycles. The molecule has 2 aromatic carbocycles. The lowest BCUT2D eigenvalue weighted by Crippen LogP contribution is -2.41. The molecule has 0 N–H and O–H groups in total. The Morgan fingerprint density at radius 1 is 0.491 bits per heavy atom. The summed E-state index contributed by atoms with van der Waals surface area (Å²) in [6.07, 6.45) is 8.39. The van der Waals surface area contributed by atoms with E-state index < -0.39 is 10.8 Å². The smallest absolute Gasteiger partial charge is 0.147 e. The Morgan fingerprint density at radius 2 is 0.909 bits per heavy atom. The minimum atomic E-state index is -0.412. The maximum Gasteiger partial charge on any atom is 0.147 e. The van der Waals surface area contributed by atoms with Crippen molar-refractivity contribution in [3.05, 3.63) is 108 Å². The molecule has 0 bridgehead atoms. The largest absolute Gasteiger partial charge is 0.299 e. The van der Waals surface area contributed by atoms with E-state index in [1.807, 2.05) is 24.5 Å². The van der Waals surface area contributed by atoms with E-state index in [2.05, 4.69) is 167 Å². The third-order valence-corrected chi connectivity index (χ3v) is 13.3. The number of aromatic nitrogens is 6. The molecule has 6 heteroatoms. The number of fused-ring (bicyclic) bond motifs is 12. The molecule has 0 spiro atoms. The highest BCUT2D eigenvalue weighted by Gasteiger charge is 2.44. The van der Waals surface area contributed by atoms with Crippen LogP contribution in [-0.4, -0.2) is 28.7 Å². The van der Waals surface area contributed by atoms with Crippen molar-refractivity contribution in [3.8, 4) is 0 Å². The second-order valence-corrected chi connectivity index (χ2v) is 20.4. The highest BCUT2D eigenvalue weighted by molar-refractivity contribution is 6.12. The zero-order chi connectivity index (χ0) is 39.6. The van der Waals surface area contributed by atoms with Gasteiger partial charge in [-0.2, -0.15) is 0 Å². The number of imidazole rings is 2. The molecule has 1 atom stereocenters. The first-order valence-electron chi connectivity index (χ1n) is 20.0. The van der Waals surface area contributed by atoms with Crippen LogP contribution in [0.25, 0.3) is 54.9 Å². The number of pyridine rings is 4. The van der Waals surface area contributed by atoms with Gasteiger partial charge in [0.05, 0.1) is 33.5 Å². The number of hydrogen-bond donors (Lipinski definition) is 0. The molecular weight excluding hydrogens is 673 g/mol. The summed E-state index contributed by atoms with van der Waals surface area (Å²) in [7, 11) is 0. The molecular formula is C49H58N6. The van der Waals surface area contributed by atoms with Crippen LogP contribution < -0.4 is 0 Å². The summed E-state index contributed by atoms with van der Waals surface area (Å²) in [4.78, 5) is 21.1. The summed E-state index contributed by atoms with van der Waals surface area (Å²) in [6.45, 7) is 32.8. The molecule has 0 saturated heterocycles. The van der Waals surface area contributed by atoms with Gasteiger partial charge in [0.25, 0.3) is 0 Å². The van der Waals surface area contributed by atoms with Crippen molar-refractivity contribution in [2.75, 3.05) is 0 Å². The van der Waals surface area contributed by atoms with Crippen molar-refractivity contribution in [3.63, 3.8) is 0 Å². The van der Waals surface area contributed by atoms with E-state index in [4.69, 9.17) is 19.9 Å². The van der Waals surface area contributed by atoms with Gasteiger partial charge in [-0.3, -0.25) is 18.8 Å². The van der Waals surface area contributed by atoms with Crippen molar-refractivity contribution in [2.45, 2.75) is 120 Å². The Hall–Kier alpha value is -4.84. The fourth-order valence-electron chi connectivity index (χ4n) is 9.65. The molecule has 1 unspecified atom stereocenters. The highest BCUT2D eigenvalue weighted by atomic mass is 15.0. The van der Waals surface area contributed by atoms with Crippen LogP contribution in [0.3, 0.4) is 0 Å². The second-order valence-electron chi connectivity index (χ2n) is 20.4. The van der Waals surface area contributed by atoms with E-state index in [-0.39, 0.29) is 16.2 Å². The maximum atomic E-state index is 5.51. The first kappa shape index (κ1) is 37.1. The lowest BCUT2D eigenvalue weighted by Gasteiger charge is -2.42. The van der Waals surface area contributed by atoms with Crippen molar-refractivity contribution in [2.24, 2.45) is 16.2 Å². The standard InChI is InChI=1S/C49H58N6/c1-29(45(2,3)4)30-19-15-23-34-38(30)40-32(21-17-25-50-40)43-52-36(27-54(34)43)48(11,12)49(13,14)37-28-55-35-24-16-20-31(42(46(5,6)7)47(8,9)10)39(35)41-33(44(55)53-37)22-18-26-51-41/h15-29,42H,1-14H3. The molecule has 6 heterocycles. The minimum absolute atomic E-state index is 0.0436. The summed E-state index contributed by atoms with van der Waals surface area (Å²) in [5.74, 6) is 0.633. The zero-order valence-corrected chi connectivity index (χ0v) is 35.4. The van der Waals surface area contributed by atoms with Gasteiger partial charge in [-0.25, -0.2) is 9.97 Å². The molecule has 0 aliphatic rings. The molecule has 284 valence electrons. The molecule has 6 nitrogen and oxygen atoms in total. The lowest BCUT2D eigenvalue weighted by atomic mass is 9.63. The van der Waals surface area contributed by atoms with Gasteiger partial charge in [-0.1, -0.05) is 121 Å². The van der Waals surface area contributed by atoms with E-state index in [1.165, 1.54) is 21.9 Å². The fourth-order valence-corrected chi connectivity index (χ4v) is 9.65. The summed E-state index contributed by atoms with van der Waals surface area (Å²) < 4.78 is 4.64. The summed E-state index contributed by atoms with van der Waals surface area (Å²) in [5, 5.41) is 4.57. The molecule has 0 amide bonds. The van der Waals surface area contributed by atoms with Gasteiger partial charge < -0.3 is 0 Å². The molecule has 55 heavy (non-hydrogen) atoms. The molecule has 6 aromatic heterocycles. The van der Waals surface area contributed by atoms with E-state index >= 15 is 0 Å². The molecule has 0 radical (unpaired) electrons. The number of nitrogens with zero attached hydrogens (tertiary/aromatic N) is 6. The van der Waals surface area contributed by atoms with Crippen molar-refractivity contribution < 1.29 is 0 Å². The number of rotatable bonds is 5. The Bertz CT molecular complexity index is 2780. The fraction of sp³-hybridized carbons (Fsp3) is 0.429. The van der Waals surface area contributed by atoms with Crippen LogP contribution in [0.1, 0.15) is 131 Å². The Labute approximate surface area is 326 Å². The Kier molecular flexibility index (Phi) is 8.15. The van der Waals surface area contributed by atoms with Crippen LogP contribution in [-0.2, 0) is 10.8 Å².